The van der Waals surface area contributed by atoms with Gasteiger partial charge < -0.3 is 5.11 Å². The van der Waals surface area contributed by atoms with Crippen LogP contribution in [-0.2, 0) is 16.3 Å². The summed E-state index contributed by atoms with van der Waals surface area (Å²) in [5.41, 5.74) is 4.15. The van der Waals surface area contributed by atoms with Gasteiger partial charge in [0.15, 0.2) is 9.84 Å². The Balaban J connectivity index is 1.57. The lowest BCUT2D eigenvalue weighted by atomic mass is 9.99. The quantitative estimate of drug-likeness (QED) is 0.431. The molecule has 0 fully saturated rings. The van der Waals surface area contributed by atoms with Crippen LogP contribution in [0.4, 0.5) is 0 Å². The fourth-order valence-electron chi connectivity index (χ4n) is 3.50. The van der Waals surface area contributed by atoms with E-state index >= 15 is 0 Å². The minimum Gasteiger partial charge on any atom is -0.388 e. The van der Waals surface area contributed by atoms with Crippen molar-refractivity contribution >= 4 is 9.84 Å². The van der Waals surface area contributed by atoms with Gasteiger partial charge in [-0.2, -0.15) is 0 Å². The maximum Gasteiger partial charge on any atom is 0.180 e. The number of aliphatic hydroxyl groups excluding tert-OH is 1. The number of hydrogen-bond acceptors (Lipinski definition) is 3. The van der Waals surface area contributed by atoms with Gasteiger partial charge in [-0.25, -0.2) is 8.42 Å². The summed E-state index contributed by atoms with van der Waals surface area (Å²) in [5, 5.41) is 9.82. The Hall–Kier alpha value is -2.43. The summed E-state index contributed by atoms with van der Waals surface area (Å²) in [5.74, 6) is 0. The van der Waals surface area contributed by atoms with Crippen LogP contribution < -0.4 is 0 Å². The molecule has 3 nitrogen and oxygen atoms in total. The zero-order valence-corrected chi connectivity index (χ0v) is 18.5. The third-order valence-corrected chi connectivity index (χ3v) is 7.60. The van der Waals surface area contributed by atoms with E-state index < -0.39 is 21.2 Å². The van der Waals surface area contributed by atoms with Crippen LogP contribution in [0.15, 0.2) is 83.8 Å². The zero-order valence-electron chi connectivity index (χ0n) is 17.7. The van der Waals surface area contributed by atoms with Gasteiger partial charge in [0.2, 0.25) is 0 Å². The highest BCUT2D eigenvalue weighted by Gasteiger charge is 2.19. The van der Waals surface area contributed by atoms with Gasteiger partial charge in [0.25, 0.3) is 0 Å². The van der Waals surface area contributed by atoms with Crippen LogP contribution in [0.1, 0.15) is 50.3 Å². The highest BCUT2D eigenvalue weighted by molar-refractivity contribution is 7.92. The second-order valence-electron chi connectivity index (χ2n) is 7.99. The van der Waals surface area contributed by atoms with Gasteiger partial charge in [0.05, 0.1) is 16.2 Å². The van der Waals surface area contributed by atoms with Gasteiger partial charge in [0, 0.05) is 0 Å². The van der Waals surface area contributed by atoms with Crippen LogP contribution in [0, 0.1) is 0 Å². The normalized spacial score (nSPS) is 12.8. The van der Waals surface area contributed by atoms with Crippen molar-refractivity contribution in [2.75, 3.05) is 0 Å². The third kappa shape index (κ3) is 5.59. The van der Waals surface area contributed by atoms with E-state index in [0.717, 1.165) is 42.4 Å². The SMILES string of the molecule is CC(C)S(=O)(=O)c1cccc(-c2ccc(CCCCC(O)c3ccccc3)cc2)c1. The van der Waals surface area contributed by atoms with E-state index in [2.05, 4.69) is 24.3 Å². The third-order valence-electron chi connectivity index (χ3n) is 5.45. The molecule has 3 aromatic carbocycles. The van der Waals surface area contributed by atoms with E-state index in [1.165, 1.54) is 5.56 Å². The Labute approximate surface area is 180 Å². The maximum absolute atomic E-state index is 12.4. The molecule has 0 aliphatic carbocycles. The Bertz CT molecular complexity index is 1040. The van der Waals surface area contributed by atoms with Crippen molar-refractivity contribution in [1.82, 2.24) is 0 Å². The molecule has 3 rings (SSSR count). The predicted molar refractivity (Wildman–Crippen MR) is 123 cm³/mol. The minimum absolute atomic E-state index is 0.371. The fraction of sp³-hybridized carbons (Fsp3) is 0.308. The lowest BCUT2D eigenvalue weighted by Gasteiger charge is -2.11. The smallest absolute Gasteiger partial charge is 0.180 e. The second-order valence-corrected chi connectivity index (χ2v) is 10.5. The average molecular weight is 423 g/mol. The molecular weight excluding hydrogens is 392 g/mol. The van der Waals surface area contributed by atoms with Crippen LogP contribution >= 0.6 is 0 Å². The molecule has 0 saturated heterocycles. The summed E-state index contributed by atoms with van der Waals surface area (Å²) in [6.07, 6.45) is 3.31. The molecule has 0 aliphatic heterocycles. The number of rotatable bonds is 9. The molecule has 3 aromatic rings. The molecular formula is C26H30O3S. The average Bonchev–Trinajstić information content (AvgIpc) is 2.77. The van der Waals surface area contributed by atoms with Crippen molar-refractivity contribution in [3.63, 3.8) is 0 Å². The Morgan fingerprint density at radius 1 is 0.800 bits per heavy atom. The zero-order chi connectivity index (χ0) is 21.6. The van der Waals surface area contributed by atoms with E-state index in [0.29, 0.717) is 4.90 Å². The Morgan fingerprint density at radius 2 is 1.50 bits per heavy atom. The molecule has 0 aromatic heterocycles. The summed E-state index contributed by atoms with van der Waals surface area (Å²) in [6.45, 7) is 3.41. The van der Waals surface area contributed by atoms with Gasteiger partial charge in [-0.05, 0) is 67.5 Å². The number of aryl methyl sites for hydroxylation is 1. The van der Waals surface area contributed by atoms with Crippen LogP contribution in [0.5, 0.6) is 0 Å². The molecule has 1 unspecified atom stereocenters. The van der Waals surface area contributed by atoms with Crippen LogP contribution in [-0.4, -0.2) is 18.8 Å². The number of benzene rings is 3. The largest absolute Gasteiger partial charge is 0.388 e. The van der Waals surface area contributed by atoms with E-state index in [1.54, 1.807) is 32.0 Å². The van der Waals surface area contributed by atoms with E-state index in [9.17, 15) is 13.5 Å². The molecule has 0 aliphatic rings. The lowest BCUT2D eigenvalue weighted by Crippen LogP contribution is -2.13. The summed E-state index contributed by atoms with van der Waals surface area (Å²) in [7, 11) is -3.28. The molecule has 0 radical (unpaired) electrons. The molecule has 0 spiro atoms. The van der Waals surface area contributed by atoms with Crippen molar-refractivity contribution in [2.45, 2.75) is 55.8 Å². The molecule has 1 atom stereocenters. The molecule has 0 amide bonds. The van der Waals surface area contributed by atoms with Crippen molar-refractivity contribution in [3.05, 3.63) is 90.0 Å². The highest BCUT2D eigenvalue weighted by Crippen LogP contribution is 2.25. The first-order chi connectivity index (χ1) is 14.4. The number of sulfone groups is 1. The summed E-state index contributed by atoms with van der Waals surface area (Å²) in [4.78, 5) is 0.371. The predicted octanol–water partition coefficient (Wildman–Crippen LogP) is 5.98. The number of hydrogen-bond donors (Lipinski definition) is 1. The Kier molecular flexibility index (Phi) is 7.46. The van der Waals surface area contributed by atoms with Gasteiger partial charge in [-0.1, -0.05) is 73.2 Å². The second kappa shape index (κ2) is 10.1. The lowest BCUT2D eigenvalue weighted by molar-refractivity contribution is 0.163. The molecule has 4 heteroatoms. The molecule has 30 heavy (non-hydrogen) atoms. The fourth-order valence-corrected chi connectivity index (χ4v) is 4.60. The number of aliphatic hydroxyl groups is 1. The minimum atomic E-state index is -3.28. The van der Waals surface area contributed by atoms with E-state index in [4.69, 9.17) is 0 Å². The van der Waals surface area contributed by atoms with Gasteiger partial charge >= 0.3 is 0 Å². The van der Waals surface area contributed by atoms with E-state index in [1.807, 2.05) is 36.4 Å². The molecule has 1 N–H and O–H groups in total. The first-order valence-corrected chi connectivity index (χ1v) is 12.1. The molecule has 0 bridgehead atoms. The van der Waals surface area contributed by atoms with Gasteiger partial charge in [0.1, 0.15) is 0 Å². The van der Waals surface area contributed by atoms with Gasteiger partial charge in [-0.3, -0.25) is 0 Å². The summed E-state index contributed by atoms with van der Waals surface area (Å²) >= 11 is 0. The Morgan fingerprint density at radius 3 is 2.17 bits per heavy atom. The topological polar surface area (TPSA) is 54.4 Å². The van der Waals surface area contributed by atoms with Crippen molar-refractivity contribution in [3.8, 4) is 11.1 Å². The van der Waals surface area contributed by atoms with Crippen LogP contribution in [0.25, 0.3) is 11.1 Å². The van der Waals surface area contributed by atoms with Crippen molar-refractivity contribution in [2.24, 2.45) is 0 Å². The molecule has 0 heterocycles. The molecule has 158 valence electrons. The standard InChI is InChI=1S/C26H30O3S/c1-20(2)30(28,29)25-13-8-12-24(19-25)22-17-15-21(16-18-22)9-6-7-14-26(27)23-10-4-3-5-11-23/h3-5,8,10-13,15-20,26-27H,6-7,9,14H2,1-2H3. The summed E-state index contributed by atoms with van der Waals surface area (Å²) in [6, 6.07) is 25.3. The highest BCUT2D eigenvalue weighted by atomic mass is 32.2. The molecule has 0 saturated carbocycles. The first kappa shape index (κ1) is 22.3. The van der Waals surface area contributed by atoms with Gasteiger partial charge in [-0.15, -0.1) is 0 Å². The van der Waals surface area contributed by atoms with Crippen molar-refractivity contribution in [1.29, 1.82) is 0 Å². The number of unbranched alkanes of at least 4 members (excludes halogenated alkanes) is 1. The van der Waals surface area contributed by atoms with E-state index in [-0.39, 0.29) is 0 Å². The van der Waals surface area contributed by atoms with Crippen LogP contribution in [0.2, 0.25) is 0 Å². The monoisotopic (exact) mass is 422 g/mol. The van der Waals surface area contributed by atoms with Crippen molar-refractivity contribution < 1.29 is 13.5 Å². The van der Waals surface area contributed by atoms with Crippen LogP contribution in [0.3, 0.4) is 0 Å². The first-order valence-electron chi connectivity index (χ1n) is 10.5. The summed E-state index contributed by atoms with van der Waals surface area (Å²) < 4.78 is 24.9. The maximum atomic E-state index is 12.4.